The molecule has 2 N–H and O–H groups in total. The number of hydrogen-bond acceptors (Lipinski definition) is 2. The second kappa shape index (κ2) is 3.79. The van der Waals surface area contributed by atoms with E-state index in [2.05, 4.69) is 0 Å². The molecular weight excluding hydrogens is 200 g/mol. The minimum atomic E-state index is -3.46. The molecule has 0 radical (unpaired) electrons. The maximum Gasteiger partial charge on any atom is 0.277 e. The lowest BCUT2D eigenvalue weighted by Crippen LogP contribution is -2.51. The molecule has 5 heteroatoms. The van der Waals surface area contributed by atoms with Gasteiger partial charge >= 0.3 is 0 Å². The average molecular weight is 218 g/mol. The molecule has 14 heavy (non-hydrogen) atoms. The van der Waals surface area contributed by atoms with E-state index in [0.717, 1.165) is 19.3 Å². The van der Waals surface area contributed by atoms with E-state index in [-0.39, 0.29) is 6.04 Å². The van der Waals surface area contributed by atoms with Crippen LogP contribution in [0, 0.1) is 5.92 Å². The topological polar surface area (TPSA) is 63.4 Å². The van der Waals surface area contributed by atoms with E-state index in [9.17, 15) is 8.42 Å². The van der Waals surface area contributed by atoms with Gasteiger partial charge in [0.05, 0.1) is 0 Å². The van der Waals surface area contributed by atoms with E-state index in [1.165, 1.54) is 23.6 Å². The zero-order chi connectivity index (χ0) is 10.2. The van der Waals surface area contributed by atoms with E-state index in [1.807, 2.05) is 0 Å². The molecule has 82 valence electrons. The highest BCUT2D eigenvalue weighted by Gasteiger charge is 2.37. The third-order valence-electron chi connectivity index (χ3n) is 3.52. The van der Waals surface area contributed by atoms with E-state index in [1.54, 1.807) is 0 Å². The maximum absolute atomic E-state index is 11.3. The molecule has 0 spiro atoms. The molecule has 1 aliphatic heterocycles. The third kappa shape index (κ3) is 1.94. The van der Waals surface area contributed by atoms with Gasteiger partial charge in [-0.3, -0.25) is 0 Å². The molecule has 0 aromatic rings. The summed E-state index contributed by atoms with van der Waals surface area (Å²) in [6.07, 6.45) is 6.72. The van der Waals surface area contributed by atoms with Gasteiger partial charge in [-0.1, -0.05) is 12.8 Å². The van der Waals surface area contributed by atoms with Crippen molar-refractivity contribution in [2.75, 3.05) is 6.54 Å². The Morgan fingerprint density at radius 2 is 1.71 bits per heavy atom. The molecule has 0 aromatic carbocycles. The van der Waals surface area contributed by atoms with E-state index >= 15 is 0 Å². The Balaban J connectivity index is 2.17. The quantitative estimate of drug-likeness (QED) is 0.709. The summed E-state index contributed by atoms with van der Waals surface area (Å²) in [5.41, 5.74) is 0. The average Bonchev–Trinajstić information content (AvgIpc) is 2.15. The van der Waals surface area contributed by atoms with Crippen LogP contribution >= 0.6 is 0 Å². The highest BCUT2D eigenvalue weighted by atomic mass is 32.2. The summed E-state index contributed by atoms with van der Waals surface area (Å²) in [5, 5.41) is 5.22. The molecule has 2 rings (SSSR count). The normalized spacial score (nSPS) is 35.2. The zero-order valence-electron chi connectivity index (χ0n) is 8.35. The van der Waals surface area contributed by atoms with Crippen molar-refractivity contribution in [1.82, 2.24) is 4.31 Å². The number of fused-ring (bicyclic) bond motifs is 1. The fourth-order valence-electron chi connectivity index (χ4n) is 2.90. The van der Waals surface area contributed by atoms with Gasteiger partial charge in [-0.2, -0.15) is 12.7 Å². The van der Waals surface area contributed by atoms with Gasteiger partial charge in [-0.15, -0.1) is 0 Å². The molecule has 4 nitrogen and oxygen atoms in total. The summed E-state index contributed by atoms with van der Waals surface area (Å²) in [6.45, 7) is 0.625. The Kier molecular flexibility index (Phi) is 2.81. The van der Waals surface area contributed by atoms with Crippen molar-refractivity contribution in [3.05, 3.63) is 0 Å². The fourth-order valence-corrected chi connectivity index (χ4v) is 3.93. The van der Waals surface area contributed by atoms with Crippen LogP contribution in [0.1, 0.15) is 38.5 Å². The number of rotatable bonds is 1. The molecule has 2 atom stereocenters. The first-order valence-corrected chi connectivity index (χ1v) is 6.89. The zero-order valence-corrected chi connectivity index (χ0v) is 9.17. The van der Waals surface area contributed by atoms with Gasteiger partial charge in [0.2, 0.25) is 0 Å². The molecular formula is C9H18N2O2S. The SMILES string of the molecule is NS(=O)(=O)N1CCCC2CCCCC21. The van der Waals surface area contributed by atoms with Gasteiger partial charge in [0, 0.05) is 12.6 Å². The third-order valence-corrected chi connectivity index (χ3v) is 4.63. The van der Waals surface area contributed by atoms with Crippen LogP contribution in [0.5, 0.6) is 0 Å². The minimum Gasteiger partial charge on any atom is -0.216 e. The van der Waals surface area contributed by atoms with Crippen molar-refractivity contribution in [3.8, 4) is 0 Å². The lowest BCUT2D eigenvalue weighted by atomic mass is 9.79. The molecule has 1 saturated carbocycles. The first-order chi connectivity index (χ1) is 6.59. The predicted molar refractivity (Wildman–Crippen MR) is 54.8 cm³/mol. The molecule has 1 heterocycles. The Bertz CT molecular complexity index is 300. The van der Waals surface area contributed by atoms with Gasteiger partial charge in [0.1, 0.15) is 0 Å². The van der Waals surface area contributed by atoms with Crippen molar-refractivity contribution in [3.63, 3.8) is 0 Å². The largest absolute Gasteiger partial charge is 0.277 e. The summed E-state index contributed by atoms with van der Waals surface area (Å²) >= 11 is 0. The Morgan fingerprint density at radius 3 is 2.43 bits per heavy atom. The van der Waals surface area contributed by atoms with Crippen LogP contribution in [0.25, 0.3) is 0 Å². The predicted octanol–water partition coefficient (Wildman–Crippen LogP) is 0.844. The van der Waals surface area contributed by atoms with Crippen LogP contribution < -0.4 is 5.14 Å². The Hall–Kier alpha value is -0.130. The van der Waals surface area contributed by atoms with Gasteiger partial charge in [0.25, 0.3) is 10.2 Å². The number of nitrogens with zero attached hydrogens (tertiary/aromatic N) is 1. The first kappa shape index (κ1) is 10.4. The van der Waals surface area contributed by atoms with Gasteiger partial charge in [0.15, 0.2) is 0 Å². The smallest absolute Gasteiger partial charge is 0.216 e. The van der Waals surface area contributed by atoms with E-state index < -0.39 is 10.2 Å². The van der Waals surface area contributed by atoms with Crippen molar-refractivity contribution in [1.29, 1.82) is 0 Å². The maximum atomic E-state index is 11.3. The molecule has 1 aliphatic carbocycles. The van der Waals surface area contributed by atoms with Crippen LogP contribution in [0.2, 0.25) is 0 Å². The van der Waals surface area contributed by atoms with Crippen molar-refractivity contribution in [2.24, 2.45) is 11.1 Å². The highest BCUT2D eigenvalue weighted by molar-refractivity contribution is 7.86. The van der Waals surface area contributed by atoms with Crippen molar-refractivity contribution < 1.29 is 8.42 Å². The molecule has 0 aromatic heterocycles. The van der Waals surface area contributed by atoms with Crippen molar-refractivity contribution >= 4 is 10.2 Å². The second-order valence-electron chi connectivity index (χ2n) is 4.41. The molecule has 0 amide bonds. The first-order valence-electron chi connectivity index (χ1n) is 5.38. The van der Waals surface area contributed by atoms with Crippen LogP contribution in [-0.4, -0.2) is 25.3 Å². The highest BCUT2D eigenvalue weighted by Crippen LogP contribution is 2.35. The number of piperidine rings is 1. The van der Waals surface area contributed by atoms with Crippen LogP contribution in [0.4, 0.5) is 0 Å². The van der Waals surface area contributed by atoms with Gasteiger partial charge in [-0.25, -0.2) is 5.14 Å². The summed E-state index contributed by atoms with van der Waals surface area (Å²) in [6, 6.07) is 0.201. The monoisotopic (exact) mass is 218 g/mol. The second-order valence-corrected chi connectivity index (χ2v) is 5.91. The number of nitrogens with two attached hydrogens (primary N) is 1. The standard InChI is InChI=1S/C9H18N2O2S/c10-14(12,13)11-7-3-5-8-4-1-2-6-9(8)11/h8-9H,1-7H2,(H2,10,12,13). The lowest BCUT2D eigenvalue weighted by molar-refractivity contribution is 0.129. The molecule has 1 saturated heterocycles. The fraction of sp³-hybridized carbons (Fsp3) is 1.00. The number of hydrogen-bond donors (Lipinski definition) is 1. The molecule has 2 aliphatic rings. The van der Waals surface area contributed by atoms with E-state index in [0.29, 0.717) is 12.5 Å². The van der Waals surface area contributed by atoms with Gasteiger partial charge < -0.3 is 0 Å². The Labute approximate surface area is 85.6 Å². The summed E-state index contributed by atoms with van der Waals surface area (Å²) < 4.78 is 24.2. The van der Waals surface area contributed by atoms with E-state index in [4.69, 9.17) is 5.14 Å². The van der Waals surface area contributed by atoms with Gasteiger partial charge in [-0.05, 0) is 31.6 Å². The minimum absolute atomic E-state index is 0.201. The Morgan fingerprint density at radius 1 is 1.07 bits per heavy atom. The summed E-state index contributed by atoms with van der Waals surface area (Å²) in [4.78, 5) is 0. The van der Waals surface area contributed by atoms with Crippen LogP contribution in [-0.2, 0) is 10.2 Å². The molecule has 2 unspecified atom stereocenters. The summed E-state index contributed by atoms with van der Waals surface area (Å²) in [7, 11) is -3.46. The summed E-state index contributed by atoms with van der Waals surface area (Å²) in [5.74, 6) is 0.566. The molecule has 2 fully saturated rings. The molecule has 0 bridgehead atoms. The lowest BCUT2D eigenvalue weighted by Gasteiger charge is -2.42. The van der Waals surface area contributed by atoms with Crippen LogP contribution in [0.15, 0.2) is 0 Å². The van der Waals surface area contributed by atoms with Crippen molar-refractivity contribution in [2.45, 2.75) is 44.6 Å². The van der Waals surface area contributed by atoms with Crippen LogP contribution in [0.3, 0.4) is 0 Å².